The predicted octanol–water partition coefficient (Wildman–Crippen LogP) is 2.41. The molecule has 0 spiro atoms. The first-order chi connectivity index (χ1) is 8.78. The highest BCUT2D eigenvalue weighted by Crippen LogP contribution is 2.22. The molecule has 0 atom stereocenters. The number of esters is 1. The maximum absolute atomic E-state index is 11.9. The molecule has 0 amide bonds. The number of ether oxygens (including phenoxy) is 1. The molecule has 6 nitrogen and oxygen atoms in total. The van der Waals surface area contributed by atoms with Gasteiger partial charge in [0.2, 0.25) is 0 Å². The van der Waals surface area contributed by atoms with Crippen LogP contribution in [0, 0.1) is 10.8 Å². The molecule has 0 aliphatic rings. The lowest BCUT2D eigenvalue weighted by Gasteiger charge is -2.28. The first-order valence-electron chi connectivity index (χ1n) is 6.49. The Morgan fingerprint density at radius 1 is 0.850 bits per heavy atom. The SMILES string of the molecule is CC(C)(C)OC(=O)C(C)(C)COOCC(C)(C)C(=O)O. The molecule has 118 valence electrons. The van der Waals surface area contributed by atoms with E-state index in [1.165, 1.54) is 13.8 Å². The zero-order valence-corrected chi connectivity index (χ0v) is 13.4. The molecule has 0 heterocycles. The number of aliphatic carboxylic acids is 1. The van der Waals surface area contributed by atoms with Crippen molar-refractivity contribution in [3.05, 3.63) is 0 Å². The van der Waals surface area contributed by atoms with Gasteiger partial charge in [0.05, 0.1) is 24.0 Å². The van der Waals surface area contributed by atoms with Crippen molar-refractivity contribution in [1.29, 1.82) is 0 Å². The third-order valence-electron chi connectivity index (χ3n) is 2.45. The lowest BCUT2D eigenvalue weighted by atomic mass is 9.95. The van der Waals surface area contributed by atoms with Crippen LogP contribution in [-0.2, 0) is 24.1 Å². The molecule has 0 bridgehead atoms. The highest BCUT2D eigenvalue weighted by molar-refractivity contribution is 5.76. The van der Waals surface area contributed by atoms with Gasteiger partial charge in [0.1, 0.15) is 5.60 Å². The Morgan fingerprint density at radius 3 is 1.60 bits per heavy atom. The molecule has 1 N–H and O–H groups in total. The van der Waals surface area contributed by atoms with Crippen LogP contribution in [-0.4, -0.2) is 35.9 Å². The maximum atomic E-state index is 11.9. The van der Waals surface area contributed by atoms with Crippen molar-refractivity contribution in [2.75, 3.05) is 13.2 Å². The van der Waals surface area contributed by atoms with E-state index in [1.807, 2.05) is 0 Å². The van der Waals surface area contributed by atoms with Crippen molar-refractivity contribution < 1.29 is 29.2 Å². The van der Waals surface area contributed by atoms with Crippen LogP contribution in [0.2, 0.25) is 0 Å². The largest absolute Gasteiger partial charge is 0.481 e. The fourth-order valence-electron chi connectivity index (χ4n) is 0.915. The summed E-state index contributed by atoms with van der Waals surface area (Å²) in [4.78, 5) is 32.6. The molecule has 0 saturated heterocycles. The van der Waals surface area contributed by atoms with Crippen LogP contribution in [0.5, 0.6) is 0 Å². The number of carbonyl (C=O) groups is 2. The molecule has 0 unspecified atom stereocenters. The summed E-state index contributed by atoms with van der Waals surface area (Å²) in [5, 5.41) is 8.91. The van der Waals surface area contributed by atoms with Crippen LogP contribution in [0.15, 0.2) is 0 Å². The average Bonchev–Trinajstić information content (AvgIpc) is 2.21. The minimum atomic E-state index is -1.05. The van der Waals surface area contributed by atoms with Gasteiger partial charge in [-0.2, -0.15) is 0 Å². The van der Waals surface area contributed by atoms with E-state index >= 15 is 0 Å². The highest BCUT2D eigenvalue weighted by atomic mass is 17.2. The van der Waals surface area contributed by atoms with Gasteiger partial charge in [-0.1, -0.05) is 0 Å². The van der Waals surface area contributed by atoms with Crippen molar-refractivity contribution in [3.8, 4) is 0 Å². The monoisotopic (exact) mass is 290 g/mol. The molecule has 0 saturated carbocycles. The standard InChI is InChI=1S/C14H26O6/c1-12(2,3)20-11(17)14(6,7)9-19-18-8-13(4,5)10(15)16/h8-9H2,1-7H3,(H,15,16). The zero-order chi connectivity index (χ0) is 16.2. The summed E-state index contributed by atoms with van der Waals surface area (Å²) in [7, 11) is 0. The van der Waals surface area contributed by atoms with Gasteiger partial charge >= 0.3 is 11.9 Å². The number of rotatable bonds is 7. The van der Waals surface area contributed by atoms with E-state index in [1.54, 1.807) is 34.6 Å². The quantitative estimate of drug-likeness (QED) is 0.335. The molecule has 0 aliphatic carbocycles. The van der Waals surface area contributed by atoms with E-state index in [-0.39, 0.29) is 13.2 Å². The summed E-state index contributed by atoms with van der Waals surface area (Å²) in [5.74, 6) is -1.38. The van der Waals surface area contributed by atoms with Crippen LogP contribution < -0.4 is 0 Å². The van der Waals surface area contributed by atoms with Gasteiger partial charge in [0, 0.05) is 0 Å². The van der Waals surface area contributed by atoms with E-state index in [4.69, 9.17) is 19.6 Å². The summed E-state index contributed by atoms with van der Waals surface area (Å²) in [6, 6.07) is 0. The number of hydrogen-bond acceptors (Lipinski definition) is 5. The van der Waals surface area contributed by atoms with Crippen LogP contribution in [0.4, 0.5) is 0 Å². The van der Waals surface area contributed by atoms with Crippen LogP contribution in [0.25, 0.3) is 0 Å². The number of carboxylic acids is 1. The minimum absolute atomic E-state index is 0.0163. The van der Waals surface area contributed by atoms with Crippen LogP contribution in [0.1, 0.15) is 48.5 Å². The first kappa shape index (κ1) is 18.9. The van der Waals surface area contributed by atoms with Crippen molar-refractivity contribution in [1.82, 2.24) is 0 Å². The second kappa shape index (κ2) is 6.54. The molecule has 0 aromatic heterocycles. The fraction of sp³-hybridized carbons (Fsp3) is 0.857. The summed E-state index contributed by atoms with van der Waals surface area (Å²) in [6.07, 6.45) is 0. The van der Waals surface area contributed by atoms with Gasteiger partial charge in [-0.3, -0.25) is 9.59 Å². The van der Waals surface area contributed by atoms with E-state index in [0.29, 0.717) is 0 Å². The molecular weight excluding hydrogens is 264 g/mol. The van der Waals surface area contributed by atoms with E-state index < -0.39 is 28.4 Å². The van der Waals surface area contributed by atoms with Crippen molar-refractivity contribution in [2.45, 2.75) is 54.1 Å². The minimum Gasteiger partial charge on any atom is -0.481 e. The van der Waals surface area contributed by atoms with Gasteiger partial charge in [-0.05, 0) is 48.5 Å². The maximum Gasteiger partial charge on any atom is 0.314 e. The Bertz CT molecular complexity index is 351. The Kier molecular flexibility index (Phi) is 6.17. The normalized spacial score (nSPS) is 13.2. The fourth-order valence-corrected chi connectivity index (χ4v) is 0.915. The number of carboxylic acid groups (broad SMARTS) is 1. The van der Waals surface area contributed by atoms with Crippen molar-refractivity contribution in [2.24, 2.45) is 10.8 Å². The Morgan fingerprint density at radius 2 is 1.25 bits per heavy atom. The van der Waals surface area contributed by atoms with E-state index in [0.717, 1.165) is 0 Å². The number of carbonyl (C=O) groups excluding carboxylic acids is 1. The molecule has 0 aromatic carbocycles. The number of hydrogen-bond donors (Lipinski definition) is 1. The third-order valence-corrected chi connectivity index (χ3v) is 2.45. The average molecular weight is 290 g/mol. The van der Waals surface area contributed by atoms with Gasteiger partial charge in [-0.15, -0.1) is 0 Å². The molecule has 0 aliphatic heterocycles. The summed E-state index contributed by atoms with van der Waals surface area (Å²) < 4.78 is 5.27. The van der Waals surface area contributed by atoms with Gasteiger partial charge in [0.15, 0.2) is 0 Å². The second-order valence-corrected chi connectivity index (χ2v) is 7.10. The van der Waals surface area contributed by atoms with Crippen LogP contribution in [0.3, 0.4) is 0 Å². The van der Waals surface area contributed by atoms with Crippen molar-refractivity contribution in [3.63, 3.8) is 0 Å². The lowest BCUT2D eigenvalue weighted by Crippen LogP contribution is -2.37. The zero-order valence-electron chi connectivity index (χ0n) is 13.4. The predicted molar refractivity (Wildman–Crippen MR) is 72.9 cm³/mol. The lowest BCUT2D eigenvalue weighted by molar-refractivity contribution is -0.318. The molecule has 0 fully saturated rings. The smallest absolute Gasteiger partial charge is 0.314 e. The molecule has 6 heteroatoms. The Hall–Kier alpha value is -1.14. The Labute approximate surface area is 120 Å². The van der Waals surface area contributed by atoms with Gasteiger partial charge in [0.25, 0.3) is 0 Å². The van der Waals surface area contributed by atoms with E-state index in [9.17, 15) is 9.59 Å². The molecule has 0 rings (SSSR count). The second-order valence-electron chi connectivity index (χ2n) is 7.10. The summed E-state index contributed by atoms with van der Waals surface area (Å²) >= 11 is 0. The third kappa shape index (κ3) is 6.86. The molecule has 20 heavy (non-hydrogen) atoms. The Balaban J connectivity index is 4.24. The summed E-state index contributed by atoms with van der Waals surface area (Å²) in [5.41, 5.74) is -2.49. The van der Waals surface area contributed by atoms with Gasteiger partial charge in [-0.25, -0.2) is 9.78 Å². The summed E-state index contributed by atoms with van der Waals surface area (Å²) in [6.45, 7) is 11.6. The molecule has 0 radical (unpaired) electrons. The topological polar surface area (TPSA) is 82.1 Å². The van der Waals surface area contributed by atoms with E-state index in [2.05, 4.69) is 0 Å². The van der Waals surface area contributed by atoms with Gasteiger partial charge < -0.3 is 9.84 Å². The molecule has 0 aromatic rings. The van der Waals surface area contributed by atoms with Crippen molar-refractivity contribution >= 4 is 11.9 Å². The first-order valence-corrected chi connectivity index (χ1v) is 6.49. The molecular formula is C14H26O6. The highest BCUT2D eigenvalue weighted by Gasteiger charge is 2.34. The van der Waals surface area contributed by atoms with Crippen LogP contribution >= 0.6 is 0 Å².